The lowest BCUT2D eigenvalue weighted by Gasteiger charge is -2.13. The summed E-state index contributed by atoms with van der Waals surface area (Å²) in [4.78, 5) is 26.0. The van der Waals surface area contributed by atoms with Crippen molar-refractivity contribution in [2.24, 2.45) is 0 Å². The molecule has 1 N–H and O–H groups in total. The van der Waals surface area contributed by atoms with Crippen LogP contribution in [0, 0.1) is 6.92 Å². The Hall–Kier alpha value is -2.99. The van der Waals surface area contributed by atoms with Gasteiger partial charge < -0.3 is 14.8 Å². The van der Waals surface area contributed by atoms with Gasteiger partial charge in [0.1, 0.15) is 17.2 Å². The van der Waals surface area contributed by atoms with Crippen LogP contribution in [0.3, 0.4) is 0 Å². The molecule has 0 bridgehead atoms. The highest BCUT2D eigenvalue weighted by Gasteiger charge is 2.35. The summed E-state index contributed by atoms with van der Waals surface area (Å²) in [6.45, 7) is 1.85. The number of rotatable bonds is 4. The Morgan fingerprint density at radius 2 is 1.88 bits per heavy atom. The minimum Gasteiger partial charge on any atom is -0.496 e. The lowest BCUT2D eigenvalue weighted by atomic mass is 10.1. The van der Waals surface area contributed by atoms with E-state index in [2.05, 4.69) is 5.32 Å². The second kappa shape index (κ2) is 7.09. The van der Waals surface area contributed by atoms with Gasteiger partial charge in [-0.2, -0.15) is 0 Å². The van der Waals surface area contributed by atoms with Crippen LogP contribution in [0.2, 0.25) is 5.02 Å². The van der Waals surface area contributed by atoms with Crippen LogP contribution in [-0.2, 0) is 4.79 Å². The van der Waals surface area contributed by atoms with Gasteiger partial charge >= 0.3 is 6.03 Å². The first-order chi connectivity index (χ1) is 12.5. The summed E-state index contributed by atoms with van der Waals surface area (Å²) in [6, 6.07) is 9.55. The van der Waals surface area contributed by atoms with Crippen LogP contribution in [0.15, 0.2) is 42.1 Å². The number of amides is 3. The molecule has 1 fully saturated rings. The monoisotopic (exact) mass is 372 g/mol. The molecule has 26 heavy (non-hydrogen) atoms. The molecule has 6 nitrogen and oxygen atoms in total. The molecule has 0 saturated carbocycles. The van der Waals surface area contributed by atoms with Crippen LogP contribution in [0.4, 0.5) is 10.5 Å². The van der Waals surface area contributed by atoms with E-state index in [1.165, 1.54) is 7.11 Å². The number of hydrogen-bond acceptors (Lipinski definition) is 4. The van der Waals surface area contributed by atoms with Gasteiger partial charge in [0.15, 0.2) is 0 Å². The summed E-state index contributed by atoms with van der Waals surface area (Å²) < 4.78 is 10.7. The maximum absolute atomic E-state index is 12.7. The van der Waals surface area contributed by atoms with E-state index < -0.39 is 11.9 Å². The largest absolute Gasteiger partial charge is 0.496 e. The number of anilines is 1. The van der Waals surface area contributed by atoms with Gasteiger partial charge in [-0.15, -0.1) is 0 Å². The van der Waals surface area contributed by atoms with E-state index in [-0.39, 0.29) is 5.70 Å². The summed E-state index contributed by atoms with van der Waals surface area (Å²) in [7, 11) is 3.11. The summed E-state index contributed by atoms with van der Waals surface area (Å²) in [6.07, 6.45) is 1.58. The molecule has 7 heteroatoms. The molecule has 0 spiro atoms. The van der Waals surface area contributed by atoms with Crippen molar-refractivity contribution >= 4 is 35.3 Å². The first kappa shape index (κ1) is 17.8. The van der Waals surface area contributed by atoms with Crippen LogP contribution in [-0.4, -0.2) is 26.2 Å². The predicted octanol–water partition coefficient (Wildman–Crippen LogP) is 3.76. The number of ether oxygens (including phenoxy) is 2. The van der Waals surface area contributed by atoms with Crippen molar-refractivity contribution < 1.29 is 19.1 Å². The zero-order valence-electron chi connectivity index (χ0n) is 14.5. The number of imide groups is 1. The van der Waals surface area contributed by atoms with Gasteiger partial charge in [0.05, 0.1) is 19.9 Å². The Morgan fingerprint density at radius 3 is 2.54 bits per heavy atom. The van der Waals surface area contributed by atoms with Gasteiger partial charge in [-0.25, -0.2) is 9.69 Å². The molecule has 2 aromatic carbocycles. The molecular formula is C19H17ClN2O4. The first-order valence-corrected chi connectivity index (χ1v) is 8.18. The molecule has 0 radical (unpaired) electrons. The van der Waals surface area contributed by atoms with Crippen LogP contribution >= 0.6 is 11.6 Å². The summed E-state index contributed by atoms with van der Waals surface area (Å²) in [5, 5.41) is 3.03. The third kappa shape index (κ3) is 3.11. The number of hydrogen-bond donors (Lipinski definition) is 1. The SMILES string of the molecule is COc1ccc(C=C2NC(=O)N(c3cccc(Cl)c3)C2=O)c(OC)c1C. The second-order valence-corrected chi connectivity index (χ2v) is 6.06. The van der Waals surface area contributed by atoms with Gasteiger partial charge in [-0.3, -0.25) is 4.79 Å². The number of methoxy groups -OCH3 is 2. The third-order valence-corrected chi connectivity index (χ3v) is 4.29. The summed E-state index contributed by atoms with van der Waals surface area (Å²) in [5.74, 6) is 0.777. The van der Waals surface area contributed by atoms with Crippen molar-refractivity contribution in [3.05, 3.63) is 58.2 Å². The lowest BCUT2D eigenvalue weighted by Crippen LogP contribution is -2.30. The highest BCUT2D eigenvalue weighted by molar-refractivity contribution is 6.32. The second-order valence-electron chi connectivity index (χ2n) is 5.62. The lowest BCUT2D eigenvalue weighted by molar-refractivity contribution is -0.113. The fraction of sp³-hybridized carbons (Fsp3) is 0.158. The standard InChI is InChI=1S/C19H17ClN2O4/c1-11-16(25-2)8-7-12(17(11)26-3)9-15-18(23)22(19(24)21-15)14-6-4-5-13(20)10-14/h4-10H,1-3H3,(H,21,24). The normalized spacial score (nSPS) is 15.4. The number of nitrogens with one attached hydrogen (secondary N) is 1. The zero-order valence-corrected chi connectivity index (χ0v) is 15.3. The third-order valence-electron chi connectivity index (χ3n) is 4.06. The van der Waals surface area contributed by atoms with Crippen LogP contribution < -0.4 is 19.7 Å². The van der Waals surface area contributed by atoms with Crippen LogP contribution in [0.1, 0.15) is 11.1 Å². The highest BCUT2D eigenvalue weighted by atomic mass is 35.5. The van der Waals surface area contributed by atoms with E-state index in [1.807, 2.05) is 6.92 Å². The van der Waals surface area contributed by atoms with Crippen molar-refractivity contribution in [1.29, 1.82) is 0 Å². The van der Waals surface area contributed by atoms with Crippen molar-refractivity contribution in [3.8, 4) is 11.5 Å². The maximum Gasteiger partial charge on any atom is 0.333 e. The van der Waals surface area contributed by atoms with E-state index >= 15 is 0 Å². The molecule has 0 aliphatic carbocycles. The molecule has 3 rings (SSSR count). The first-order valence-electron chi connectivity index (χ1n) is 7.80. The molecule has 1 saturated heterocycles. The minimum atomic E-state index is -0.535. The van der Waals surface area contributed by atoms with Crippen LogP contribution in [0.25, 0.3) is 6.08 Å². The number of carbonyl (C=O) groups excluding carboxylic acids is 2. The fourth-order valence-electron chi connectivity index (χ4n) is 2.84. The molecular weight excluding hydrogens is 356 g/mol. The van der Waals surface area contributed by atoms with Crippen molar-refractivity contribution in [2.45, 2.75) is 6.92 Å². The highest BCUT2D eigenvalue weighted by Crippen LogP contribution is 2.33. The molecule has 2 aromatic rings. The molecule has 0 unspecified atom stereocenters. The number of halogens is 1. The summed E-state index contributed by atoms with van der Waals surface area (Å²) >= 11 is 5.96. The Bertz CT molecular complexity index is 924. The van der Waals surface area contributed by atoms with E-state index in [0.717, 1.165) is 10.5 Å². The molecule has 0 atom stereocenters. The zero-order chi connectivity index (χ0) is 18.8. The maximum atomic E-state index is 12.7. The van der Waals surface area contributed by atoms with Gasteiger partial charge in [0, 0.05) is 16.1 Å². The smallest absolute Gasteiger partial charge is 0.333 e. The van der Waals surface area contributed by atoms with Crippen molar-refractivity contribution in [2.75, 3.05) is 19.1 Å². The average molecular weight is 373 g/mol. The van der Waals surface area contributed by atoms with Gasteiger partial charge in [-0.05, 0) is 43.3 Å². The Labute approximate surface area is 156 Å². The molecule has 1 heterocycles. The Balaban J connectivity index is 2.00. The number of urea groups is 1. The molecule has 3 amide bonds. The number of benzene rings is 2. The Morgan fingerprint density at radius 1 is 1.12 bits per heavy atom. The van der Waals surface area contributed by atoms with Crippen molar-refractivity contribution in [1.82, 2.24) is 5.32 Å². The van der Waals surface area contributed by atoms with Crippen molar-refractivity contribution in [3.63, 3.8) is 0 Å². The molecule has 0 aromatic heterocycles. The summed E-state index contributed by atoms with van der Waals surface area (Å²) in [5.41, 5.74) is 2.01. The van der Waals surface area contributed by atoms with Gasteiger partial charge in [-0.1, -0.05) is 17.7 Å². The molecule has 1 aliphatic heterocycles. The average Bonchev–Trinajstić information content (AvgIpc) is 2.89. The van der Waals surface area contributed by atoms with Gasteiger partial charge in [0.25, 0.3) is 5.91 Å². The Kier molecular flexibility index (Phi) is 4.86. The topological polar surface area (TPSA) is 67.9 Å². The van der Waals surface area contributed by atoms with E-state index in [4.69, 9.17) is 21.1 Å². The van der Waals surface area contributed by atoms with E-state index in [0.29, 0.717) is 27.8 Å². The van der Waals surface area contributed by atoms with Crippen LogP contribution in [0.5, 0.6) is 11.5 Å². The number of nitrogens with zero attached hydrogens (tertiary/aromatic N) is 1. The fourth-order valence-corrected chi connectivity index (χ4v) is 3.03. The van der Waals surface area contributed by atoms with E-state index in [1.54, 1.807) is 49.6 Å². The minimum absolute atomic E-state index is 0.151. The molecule has 134 valence electrons. The predicted molar refractivity (Wildman–Crippen MR) is 99.7 cm³/mol. The number of carbonyl (C=O) groups is 2. The van der Waals surface area contributed by atoms with E-state index in [9.17, 15) is 9.59 Å². The van der Waals surface area contributed by atoms with Gasteiger partial charge in [0.2, 0.25) is 0 Å². The quantitative estimate of drug-likeness (QED) is 0.655. The molecule has 1 aliphatic rings.